The van der Waals surface area contributed by atoms with Crippen molar-refractivity contribution in [2.75, 3.05) is 5.32 Å². The van der Waals surface area contributed by atoms with Crippen molar-refractivity contribution >= 4 is 23.4 Å². The molecule has 2 unspecified atom stereocenters. The first-order chi connectivity index (χ1) is 9.88. The first-order valence-electron chi connectivity index (χ1n) is 6.00. The van der Waals surface area contributed by atoms with Gasteiger partial charge in [-0.1, -0.05) is 12.2 Å². The van der Waals surface area contributed by atoms with E-state index in [0.717, 1.165) is 12.3 Å². The van der Waals surface area contributed by atoms with Crippen LogP contribution in [0, 0.1) is 16.0 Å². The van der Waals surface area contributed by atoms with Crippen LogP contribution in [0.25, 0.3) is 0 Å². The number of hydrogen-bond acceptors (Lipinski definition) is 6. The van der Waals surface area contributed by atoms with Crippen LogP contribution in [0.1, 0.15) is 16.8 Å². The SMILES string of the molecule is NC(=O)c1cc([N+](=O)[O-])cnc1NC1C=CC(C(=O)O)C1. The van der Waals surface area contributed by atoms with Gasteiger partial charge in [-0.25, -0.2) is 4.98 Å². The van der Waals surface area contributed by atoms with Crippen LogP contribution in [0.3, 0.4) is 0 Å². The van der Waals surface area contributed by atoms with Crippen molar-refractivity contribution in [1.82, 2.24) is 4.98 Å². The van der Waals surface area contributed by atoms with E-state index >= 15 is 0 Å². The van der Waals surface area contributed by atoms with E-state index in [1.807, 2.05) is 0 Å². The number of nitrogens with zero attached hydrogens (tertiary/aromatic N) is 2. The van der Waals surface area contributed by atoms with Crippen LogP contribution in [-0.2, 0) is 4.79 Å². The topological polar surface area (TPSA) is 148 Å². The standard InChI is InChI=1S/C12H12N4O5/c13-10(17)9-4-8(16(20)21)5-14-11(9)15-7-2-1-6(3-7)12(18)19/h1-2,4-7H,3H2,(H2,13,17)(H,14,15)(H,18,19). The fourth-order valence-corrected chi connectivity index (χ4v) is 2.02. The summed E-state index contributed by atoms with van der Waals surface area (Å²) in [5.41, 5.74) is 4.72. The molecular formula is C12H12N4O5. The van der Waals surface area contributed by atoms with Crippen LogP contribution in [0.4, 0.5) is 11.5 Å². The Morgan fingerprint density at radius 2 is 2.19 bits per heavy atom. The maximum Gasteiger partial charge on any atom is 0.310 e. The molecule has 0 fully saturated rings. The van der Waals surface area contributed by atoms with Gasteiger partial charge in [-0.3, -0.25) is 19.7 Å². The van der Waals surface area contributed by atoms with Crippen molar-refractivity contribution in [2.24, 2.45) is 11.7 Å². The van der Waals surface area contributed by atoms with Crippen LogP contribution in [0.15, 0.2) is 24.4 Å². The number of primary amides is 1. The van der Waals surface area contributed by atoms with Crippen molar-refractivity contribution in [3.8, 4) is 0 Å². The normalized spacial score (nSPS) is 20.2. The highest BCUT2D eigenvalue weighted by Gasteiger charge is 2.26. The van der Waals surface area contributed by atoms with E-state index in [9.17, 15) is 19.7 Å². The van der Waals surface area contributed by atoms with Gasteiger partial charge in [-0.05, 0) is 6.42 Å². The number of carbonyl (C=O) groups excluding carboxylic acids is 1. The smallest absolute Gasteiger partial charge is 0.310 e. The molecular weight excluding hydrogens is 280 g/mol. The molecule has 2 atom stereocenters. The third-order valence-electron chi connectivity index (χ3n) is 3.07. The van der Waals surface area contributed by atoms with Gasteiger partial charge in [0, 0.05) is 12.1 Å². The van der Waals surface area contributed by atoms with Gasteiger partial charge in [0.25, 0.3) is 11.6 Å². The number of aromatic nitrogens is 1. The Bertz CT molecular complexity index is 643. The second-order valence-corrected chi connectivity index (χ2v) is 4.53. The number of nitrogens with one attached hydrogen (secondary N) is 1. The summed E-state index contributed by atoms with van der Waals surface area (Å²) < 4.78 is 0. The summed E-state index contributed by atoms with van der Waals surface area (Å²) in [5.74, 6) is -2.32. The van der Waals surface area contributed by atoms with Crippen LogP contribution >= 0.6 is 0 Å². The zero-order chi connectivity index (χ0) is 15.6. The summed E-state index contributed by atoms with van der Waals surface area (Å²) in [6.07, 6.45) is 4.48. The van der Waals surface area contributed by atoms with Crippen molar-refractivity contribution in [3.05, 3.63) is 40.1 Å². The van der Waals surface area contributed by atoms with E-state index in [1.165, 1.54) is 6.08 Å². The minimum absolute atomic E-state index is 0.0915. The minimum Gasteiger partial charge on any atom is -0.481 e. The summed E-state index contributed by atoms with van der Waals surface area (Å²) in [7, 11) is 0. The lowest BCUT2D eigenvalue weighted by Crippen LogP contribution is -2.22. The van der Waals surface area contributed by atoms with Gasteiger partial charge < -0.3 is 16.2 Å². The largest absolute Gasteiger partial charge is 0.481 e. The molecule has 0 bridgehead atoms. The molecule has 0 aromatic carbocycles. The van der Waals surface area contributed by atoms with Gasteiger partial charge in [0.05, 0.1) is 16.4 Å². The van der Waals surface area contributed by atoms with E-state index in [1.54, 1.807) is 6.08 Å². The van der Waals surface area contributed by atoms with E-state index in [2.05, 4.69) is 10.3 Å². The zero-order valence-electron chi connectivity index (χ0n) is 10.7. The quantitative estimate of drug-likeness (QED) is 0.407. The number of rotatable bonds is 5. The van der Waals surface area contributed by atoms with Crippen LogP contribution in [0.2, 0.25) is 0 Å². The molecule has 9 nitrogen and oxygen atoms in total. The lowest BCUT2D eigenvalue weighted by Gasteiger charge is -2.14. The Morgan fingerprint density at radius 3 is 2.71 bits per heavy atom. The third-order valence-corrected chi connectivity index (χ3v) is 3.07. The summed E-state index contributed by atoms with van der Waals surface area (Å²) in [5, 5.41) is 22.4. The lowest BCUT2D eigenvalue weighted by atomic mass is 10.1. The highest BCUT2D eigenvalue weighted by molar-refractivity contribution is 5.98. The van der Waals surface area contributed by atoms with E-state index in [4.69, 9.17) is 10.8 Å². The van der Waals surface area contributed by atoms with Gasteiger partial charge in [-0.15, -0.1) is 0 Å². The second kappa shape index (κ2) is 5.57. The number of carboxylic acid groups (broad SMARTS) is 1. The summed E-state index contributed by atoms with van der Waals surface area (Å²) >= 11 is 0. The molecule has 1 heterocycles. The van der Waals surface area contributed by atoms with Gasteiger partial charge in [0.15, 0.2) is 0 Å². The number of aliphatic carboxylic acids is 1. The van der Waals surface area contributed by atoms with Crippen molar-refractivity contribution in [2.45, 2.75) is 12.5 Å². The molecule has 0 saturated heterocycles. The Balaban J connectivity index is 2.21. The Kier molecular flexibility index (Phi) is 3.83. The molecule has 4 N–H and O–H groups in total. The summed E-state index contributed by atoms with van der Waals surface area (Å²) in [6, 6.07) is 0.698. The molecule has 21 heavy (non-hydrogen) atoms. The third kappa shape index (κ3) is 3.14. The van der Waals surface area contributed by atoms with Gasteiger partial charge in [0.2, 0.25) is 0 Å². The average molecular weight is 292 g/mol. The molecule has 1 aliphatic carbocycles. The van der Waals surface area contributed by atoms with Crippen LogP contribution < -0.4 is 11.1 Å². The Labute approximate surface area is 118 Å². The monoisotopic (exact) mass is 292 g/mol. The number of pyridine rings is 1. The van der Waals surface area contributed by atoms with Crippen LogP contribution in [-0.4, -0.2) is 32.9 Å². The maximum atomic E-state index is 11.4. The molecule has 0 radical (unpaired) electrons. The van der Waals surface area contributed by atoms with Crippen molar-refractivity contribution in [1.29, 1.82) is 0 Å². The Hall–Kier alpha value is -2.97. The molecule has 2 rings (SSSR count). The molecule has 1 aromatic heterocycles. The second-order valence-electron chi connectivity index (χ2n) is 4.53. The van der Waals surface area contributed by atoms with E-state index in [0.29, 0.717) is 6.42 Å². The van der Waals surface area contributed by atoms with Crippen LogP contribution in [0.5, 0.6) is 0 Å². The highest BCUT2D eigenvalue weighted by atomic mass is 16.6. The summed E-state index contributed by atoms with van der Waals surface area (Å²) in [4.78, 5) is 36.0. The van der Waals surface area contributed by atoms with E-state index in [-0.39, 0.29) is 23.1 Å². The summed E-state index contributed by atoms with van der Waals surface area (Å²) in [6.45, 7) is 0. The number of anilines is 1. The number of carbonyl (C=O) groups is 2. The maximum absolute atomic E-state index is 11.4. The molecule has 0 spiro atoms. The fourth-order valence-electron chi connectivity index (χ4n) is 2.02. The molecule has 1 aliphatic rings. The number of hydrogen-bond donors (Lipinski definition) is 3. The molecule has 110 valence electrons. The first-order valence-corrected chi connectivity index (χ1v) is 6.00. The molecule has 9 heteroatoms. The highest BCUT2D eigenvalue weighted by Crippen LogP contribution is 2.24. The molecule has 0 aliphatic heterocycles. The number of nitrogens with two attached hydrogens (primary N) is 1. The lowest BCUT2D eigenvalue weighted by molar-refractivity contribution is -0.385. The number of nitro groups is 1. The predicted molar refractivity (Wildman–Crippen MR) is 71.7 cm³/mol. The molecule has 0 saturated carbocycles. The fraction of sp³-hybridized carbons (Fsp3) is 0.250. The van der Waals surface area contributed by atoms with Crippen molar-refractivity contribution in [3.63, 3.8) is 0 Å². The first kappa shape index (κ1) is 14.4. The minimum atomic E-state index is -0.942. The predicted octanol–water partition coefficient (Wildman–Crippen LogP) is 0.530. The van der Waals surface area contributed by atoms with E-state index < -0.39 is 22.7 Å². The number of amides is 1. The zero-order valence-corrected chi connectivity index (χ0v) is 10.7. The van der Waals surface area contributed by atoms with Gasteiger partial charge in [0.1, 0.15) is 12.0 Å². The Morgan fingerprint density at radius 1 is 1.48 bits per heavy atom. The van der Waals surface area contributed by atoms with Gasteiger partial charge in [-0.2, -0.15) is 0 Å². The van der Waals surface area contributed by atoms with Crippen molar-refractivity contribution < 1.29 is 19.6 Å². The molecule has 1 aromatic rings. The average Bonchev–Trinajstić information content (AvgIpc) is 2.87. The molecule has 1 amide bonds. The van der Waals surface area contributed by atoms with Gasteiger partial charge >= 0.3 is 5.97 Å². The number of carboxylic acids is 1.